The molecule has 126 valence electrons. The minimum absolute atomic E-state index is 0.0632. The molecule has 24 heavy (non-hydrogen) atoms. The van der Waals surface area contributed by atoms with E-state index in [-0.39, 0.29) is 42.0 Å². The molecule has 2 atom stereocenters. The Labute approximate surface area is 143 Å². The maximum absolute atomic E-state index is 15.4. The Morgan fingerprint density at radius 2 is 2.21 bits per heavy atom. The van der Waals surface area contributed by atoms with Crippen molar-refractivity contribution >= 4 is 17.4 Å². The Balaban J connectivity index is 1.81. The molecule has 0 aliphatic heterocycles. The van der Waals surface area contributed by atoms with Gasteiger partial charge in [-0.2, -0.15) is 0 Å². The number of halogens is 3. The second kappa shape index (κ2) is 6.57. The van der Waals surface area contributed by atoms with E-state index < -0.39 is 23.4 Å². The van der Waals surface area contributed by atoms with Crippen molar-refractivity contribution in [2.45, 2.75) is 37.5 Å². The first kappa shape index (κ1) is 17.0. The molecule has 0 saturated heterocycles. The van der Waals surface area contributed by atoms with Gasteiger partial charge in [0.1, 0.15) is 5.82 Å². The van der Waals surface area contributed by atoms with Crippen molar-refractivity contribution in [2.24, 2.45) is 0 Å². The van der Waals surface area contributed by atoms with E-state index in [2.05, 4.69) is 4.98 Å². The predicted octanol–water partition coefficient (Wildman–Crippen LogP) is 4.07. The number of rotatable bonds is 4. The van der Waals surface area contributed by atoms with Gasteiger partial charge in [0.05, 0.1) is 11.8 Å². The number of ketones is 1. The molecule has 0 bridgehead atoms. The van der Waals surface area contributed by atoms with Crippen molar-refractivity contribution in [1.82, 2.24) is 4.98 Å². The first-order chi connectivity index (χ1) is 11.4. The Kier molecular flexibility index (Phi) is 4.65. The van der Waals surface area contributed by atoms with Crippen molar-refractivity contribution in [2.75, 3.05) is 0 Å². The van der Waals surface area contributed by atoms with Crippen molar-refractivity contribution in [3.8, 4) is 0 Å². The third-order valence-corrected chi connectivity index (χ3v) is 4.77. The summed E-state index contributed by atoms with van der Waals surface area (Å²) >= 11 is 5.95. The lowest BCUT2D eigenvalue weighted by atomic mass is 9.77. The van der Waals surface area contributed by atoms with E-state index in [0.717, 1.165) is 0 Å². The van der Waals surface area contributed by atoms with Crippen LogP contribution < -0.4 is 0 Å². The summed E-state index contributed by atoms with van der Waals surface area (Å²) in [7, 11) is 0. The van der Waals surface area contributed by atoms with Gasteiger partial charge in [-0.05, 0) is 43.0 Å². The van der Waals surface area contributed by atoms with Gasteiger partial charge < -0.3 is 5.11 Å². The summed E-state index contributed by atoms with van der Waals surface area (Å²) in [6.07, 6.45) is 0.834. The molecule has 0 radical (unpaired) electrons. The van der Waals surface area contributed by atoms with Crippen LogP contribution in [0.2, 0.25) is 5.02 Å². The van der Waals surface area contributed by atoms with Crippen LogP contribution in [0.15, 0.2) is 36.5 Å². The number of aromatic nitrogens is 1. The van der Waals surface area contributed by atoms with E-state index in [1.165, 1.54) is 30.5 Å². The lowest BCUT2D eigenvalue weighted by Crippen LogP contribution is -2.36. The van der Waals surface area contributed by atoms with Gasteiger partial charge in [0.15, 0.2) is 11.5 Å². The van der Waals surface area contributed by atoms with Gasteiger partial charge in [0, 0.05) is 23.2 Å². The molecule has 1 N–H and O–H groups in total. The summed E-state index contributed by atoms with van der Waals surface area (Å²) in [4.78, 5) is 16.6. The highest BCUT2D eigenvalue weighted by molar-refractivity contribution is 6.31. The Morgan fingerprint density at radius 1 is 1.42 bits per heavy atom. The number of pyridine rings is 1. The molecule has 2 aromatic rings. The summed E-state index contributed by atoms with van der Waals surface area (Å²) in [6.45, 7) is 0. The molecule has 1 heterocycles. The molecular weight excluding hydrogens is 336 g/mol. The predicted molar refractivity (Wildman–Crippen MR) is 86.0 cm³/mol. The topological polar surface area (TPSA) is 50.2 Å². The standard InChI is InChI=1S/C18H16ClF2NO2/c19-14-10-12(20)5-3-11(14)4-6-16(24)18(21)8-7-15(23)17-13(18)2-1-9-22-17/h1-3,5,9-10,15,23H,4,6-8H2/t15-,18+/m1/s1. The van der Waals surface area contributed by atoms with Crippen molar-refractivity contribution in [3.63, 3.8) is 0 Å². The molecule has 0 saturated carbocycles. The van der Waals surface area contributed by atoms with Crippen LogP contribution in [0, 0.1) is 5.82 Å². The van der Waals surface area contributed by atoms with Crippen LogP contribution in [-0.4, -0.2) is 15.9 Å². The van der Waals surface area contributed by atoms with Gasteiger partial charge in [0.2, 0.25) is 0 Å². The third kappa shape index (κ3) is 3.06. The molecule has 3 rings (SSSR count). The van der Waals surface area contributed by atoms with E-state index in [4.69, 9.17) is 11.6 Å². The van der Waals surface area contributed by atoms with Crippen LogP contribution in [0.5, 0.6) is 0 Å². The monoisotopic (exact) mass is 351 g/mol. The van der Waals surface area contributed by atoms with Crippen LogP contribution >= 0.6 is 11.6 Å². The molecule has 1 aromatic carbocycles. The zero-order valence-corrected chi connectivity index (χ0v) is 13.6. The lowest BCUT2D eigenvalue weighted by Gasteiger charge is -2.32. The first-order valence-corrected chi connectivity index (χ1v) is 8.09. The average molecular weight is 352 g/mol. The highest BCUT2D eigenvalue weighted by Gasteiger charge is 2.45. The van der Waals surface area contributed by atoms with Gasteiger partial charge in [0.25, 0.3) is 0 Å². The van der Waals surface area contributed by atoms with Gasteiger partial charge in [-0.25, -0.2) is 8.78 Å². The number of carbonyl (C=O) groups excluding carboxylic acids is 1. The molecule has 0 unspecified atom stereocenters. The number of Topliss-reactive ketones (excluding diaryl/α,β-unsaturated/α-hetero) is 1. The maximum Gasteiger partial charge on any atom is 0.195 e. The van der Waals surface area contributed by atoms with E-state index in [1.54, 1.807) is 6.07 Å². The minimum Gasteiger partial charge on any atom is -0.387 e. The summed E-state index contributed by atoms with van der Waals surface area (Å²) in [6, 6.07) is 6.97. The zero-order chi connectivity index (χ0) is 17.3. The number of hydrogen-bond donors (Lipinski definition) is 1. The number of hydrogen-bond acceptors (Lipinski definition) is 3. The minimum atomic E-state index is -2.16. The molecule has 0 amide bonds. The summed E-state index contributed by atoms with van der Waals surface area (Å²) in [5.41, 5.74) is -1.20. The van der Waals surface area contributed by atoms with Crippen molar-refractivity contribution in [1.29, 1.82) is 0 Å². The largest absolute Gasteiger partial charge is 0.387 e. The van der Waals surface area contributed by atoms with E-state index in [9.17, 15) is 14.3 Å². The van der Waals surface area contributed by atoms with Crippen molar-refractivity contribution in [3.05, 3.63) is 64.2 Å². The highest BCUT2D eigenvalue weighted by Crippen LogP contribution is 2.43. The normalized spacial score (nSPS) is 22.9. The number of aliphatic hydroxyl groups excluding tert-OH is 1. The van der Waals surface area contributed by atoms with Crippen LogP contribution in [0.25, 0.3) is 0 Å². The Bertz CT molecular complexity index is 783. The number of aliphatic hydroxyl groups is 1. The van der Waals surface area contributed by atoms with Gasteiger partial charge in [-0.15, -0.1) is 0 Å². The van der Waals surface area contributed by atoms with Crippen LogP contribution in [-0.2, 0) is 16.9 Å². The molecule has 1 aliphatic rings. The Morgan fingerprint density at radius 3 is 2.96 bits per heavy atom. The van der Waals surface area contributed by atoms with E-state index in [0.29, 0.717) is 5.56 Å². The molecule has 1 aliphatic carbocycles. The molecule has 6 heteroatoms. The van der Waals surface area contributed by atoms with Gasteiger partial charge in [-0.1, -0.05) is 23.7 Å². The molecular formula is C18H16ClF2NO2. The summed E-state index contributed by atoms with van der Waals surface area (Å²) < 4.78 is 28.5. The van der Waals surface area contributed by atoms with Crippen LogP contribution in [0.1, 0.15) is 42.2 Å². The zero-order valence-electron chi connectivity index (χ0n) is 12.8. The first-order valence-electron chi connectivity index (χ1n) is 7.71. The quantitative estimate of drug-likeness (QED) is 0.903. The Hall–Kier alpha value is -1.85. The fourth-order valence-corrected chi connectivity index (χ4v) is 3.35. The van der Waals surface area contributed by atoms with Crippen LogP contribution in [0.4, 0.5) is 8.78 Å². The lowest BCUT2D eigenvalue weighted by molar-refractivity contribution is -0.133. The SMILES string of the molecule is O=C(CCc1ccc(F)cc1Cl)[C@]1(F)CC[C@@H](O)c2ncccc21. The maximum atomic E-state index is 15.4. The molecule has 3 nitrogen and oxygen atoms in total. The smallest absolute Gasteiger partial charge is 0.195 e. The average Bonchev–Trinajstić information content (AvgIpc) is 2.57. The molecule has 1 aromatic heterocycles. The fourth-order valence-electron chi connectivity index (χ4n) is 3.09. The summed E-state index contributed by atoms with van der Waals surface area (Å²) in [5, 5.41) is 10.2. The molecule has 0 fully saturated rings. The second-order valence-electron chi connectivity index (χ2n) is 5.95. The highest BCUT2D eigenvalue weighted by atomic mass is 35.5. The molecule has 0 spiro atoms. The van der Waals surface area contributed by atoms with Gasteiger partial charge in [-0.3, -0.25) is 9.78 Å². The third-order valence-electron chi connectivity index (χ3n) is 4.42. The second-order valence-corrected chi connectivity index (χ2v) is 6.36. The number of benzene rings is 1. The van der Waals surface area contributed by atoms with Crippen LogP contribution in [0.3, 0.4) is 0 Å². The van der Waals surface area contributed by atoms with Gasteiger partial charge >= 0.3 is 0 Å². The summed E-state index contributed by atoms with van der Waals surface area (Å²) in [5.74, 6) is -1.04. The number of nitrogens with zero attached hydrogens (tertiary/aromatic N) is 1. The number of fused-ring (bicyclic) bond motifs is 1. The van der Waals surface area contributed by atoms with E-state index in [1.807, 2.05) is 0 Å². The number of carbonyl (C=O) groups is 1. The number of aryl methyl sites for hydroxylation is 1. The fraction of sp³-hybridized carbons (Fsp3) is 0.333. The van der Waals surface area contributed by atoms with E-state index >= 15 is 4.39 Å². The van der Waals surface area contributed by atoms with Crippen molar-refractivity contribution < 1.29 is 18.7 Å². The number of alkyl halides is 1.